The van der Waals surface area contributed by atoms with Gasteiger partial charge in [-0.05, 0) is 30.3 Å². The summed E-state index contributed by atoms with van der Waals surface area (Å²) in [5, 5.41) is 9.68. The third kappa shape index (κ3) is 3.46. The predicted octanol–water partition coefficient (Wildman–Crippen LogP) is 3.28. The third-order valence-corrected chi connectivity index (χ3v) is 3.46. The number of anilines is 1. The topological polar surface area (TPSA) is 86.5 Å². The number of aromatic nitrogens is 2. The van der Waals surface area contributed by atoms with Crippen LogP contribution in [0.4, 0.5) is 14.8 Å². The van der Waals surface area contributed by atoms with E-state index < -0.39 is 17.5 Å². The van der Waals surface area contributed by atoms with Crippen molar-refractivity contribution in [2.45, 2.75) is 0 Å². The summed E-state index contributed by atoms with van der Waals surface area (Å²) in [4.78, 5) is 12.4. The first kappa shape index (κ1) is 17.3. The van der Waals surface area contributed by atoms with Gasteiger partial charge in [-0.2, -0.15) is 0 Å². The SMILES string of the molecule is COc1ccc(OC)c(C(=O)Nc2nnc(-c3ccc(F)cc3F)o2)c1. The van der Waals surface area contributed by atoms with Crippen LogP contribution in [-0.2, 0) is 0 Å². The van der Waals surface area contributed by atoms with E-state index in [0.717, 1.165) is 12.1 Å². The smallest absolute Gasteiger partial charge is 0.322 e. The summed E-state index contributed by atoms with van der Waals surface area (Å²) in [5.74, 6) is -1.61. The van der Waals surface area contributed by atoms with Crippen LogP contribution in [0.1, 0.15) is 10.4 Å². The number of benzene rings is 2. The molecule has 0 radical (unpaired) electrons. The van der Waals surface area contributed by atoms with Gasteiger partial charge in [0.15, 0.2) is 0 Å². The quantitative estimate of drug-likeness (QED) is 0.750. The third-order valence-electron chi connectivity index (χ3n) is 3.46. The number of rotatable bonds is 5. The molecule has 0 bridgehead atoms. The number of hydrogen-bond donors (Lipinski definition) is 1. The van der Waals surface area contributed by atoms with Crippen molar-refractivity contribution in [2.24, 2.45) is 0 Å². The molecule has 1 aromatic heterocycles. The molecular weight excluding hydrogens is 348 g/mol. The highest BCUT2D eigenvalue weighted by Crippen LogP contribution is 2.26. The number of amides is 1. The van der Waals surface area contributed by atoms with Crippen molar-refractivity contribution in [2.75, 3.05) is 19.5 Å². The minimum Gasteiger partial charge on any atom is -0.497 e. The fourth-order valence-electron chi connectivity index (χ4n) is 2.20. The molecule has 0 spiro atoms. The normalized spacial score (nSPS) is 10.5. The Morgan fingerprint density at radius 1 is 1.08 bits per heavy atom. The molecule has 9 heteroatoms. The van der Waals surface area contributed by atoms with E-state index in [2.05, 4.69) is 15.5 Å². The Morgan fingerprint density at radius 3 is 2.58 bits per heavy atom. The van der Waals surface area contributed by atoms with E-state index in [4.69, 9.17) is 13.9 Å². The van der Waals surface area contributed by atoms with Crippen LogP contribution in [0, 0.1) is 11.6 Å². The number of carbonyl (C=O) groups excluding carboxylic acids is 1. The largest absolute Gasteiger partial charge is 0.497 e. The molecule has 0 saturated carbocycles. The Kier molecular flexibility index (Phi) is 4.78. The van der Waals surface area contributed by atoms with Gasteiger partial charge in [-0.3, -0.25) is 10.1 Å². The predicted molar refractivity (Wildman–Crippen MR) is 87.1 cm³/mol. The molecule has 0 unspecified atom stereocenters. The lowest BCUT2D eigenvalue weighted by atomic mass is 10.1. The van der Waals surface area contributed by atoms with E-state index in [1.54, 1.807) is 12.1 Å². The molecule has 3 aromatic rings. The highest BCUT2D eigenvalue weighted by Gasteiger charge is 2.18. The van der Waals surface area contributed by atoms with Crippen molar-refractivity contribution >= 4 is 11.9 Å². The Labute approximate surface area is 146 Å². The van der Waals surface area contributed by atoms with Gasteiger partial charge in [-0.25, -0.2) is 8.78 Å². The van der Waals surface area contributed by atoms with Crippen molar-refractivity contribution in [3.8, 4) is 23.0 Å². The summed E-state index contributed by atoms with van der Waals surface area (Å²) in [5.41, 5.74) is 0.0953. The van der Waals surface area contributed by atoms with Crippen LogP contribution in [0.15, 0.2) is 40.8 Å². The average molecular weight is 361 g/mol. The van der Waals surface area contributed by atoms with Crippen LogP contribution in [0.25, 0.3) is 11.5 Å². The zero-order chi connectivity index (χ0) is 18.7. The molecule has 26 heavy (non-hydrogen) atoms. The number of hydrogen-bond acceptors (Lipinski definition) is 6. The zero-order valence-corrected chi connectivity index (χ0v) is 13.7. The molecule has 0 aliphatic carbocycles. The van der Waals surface area contributed by atoms with Gasteiger partial charge in [0.2, 0.25) is 0 Å². The number of ether oxygens (including phenoxy) is 2. The van der Waals surface area contributed by atoms with Crippen molar-refractivity contribution < 1.29 is 27.5 Å². The minimum atomic E-state index is -0.860. The Morgan fingerprint density at radius 2 is 1.88 bits per heavy atom. The van der Waals surface area contributed by atoms with E-state index in [-0.39, 0.29) is 23.0 Å². The van der Waals surface area contributed by atoms with Gasteiger partial charge in [0.05, 0.1) is 25.3 Å². The maximum atomic E-state index is 13.8. The first-order valence-electron chi connectivity index (χ1n) is 7.34. The summed E-state index contributed by atoms with van der Waals surface area (Å²) in [6.45, 7) is 0. The molecule has 0 aliphatic rings. The number of nitrogens with zero attached hydrogens (tertiary/aromatic N) is 2. The summed E-state index contributed by atoms with van der Waals surface area (Å²) in [7, 11) is 2.88. The van der Waals surface area contributed by atoms with Crippen LogP contribution in [-0.4, -0.2) is 30.3 Å². The van der Waals surface area contributed by atoms with Gasteiger partial charge in [0, 0.05) is 6.07 Å². The number of nitrogens with one attached hydrogen (secondary N) is 1. The second kappa shape index (κ2) is 7.18. The molecule has 1 heterocycles. The highest BCUT2D eigenvalue weighted by molar-refractivity contribution is 6.05. The molecule has 2 aromatic carbocycles. The van der Waals surface area contributed by atoms with Gasteiger partial charge in [-0.15, -0.1) is 5.10 Å². The van der Waals surface area contributed by atoms with Crippen LogP contribution in [0.2, 0.25) is 0 Å². The minimum absolute atomic E-state index is 0.0849. The van der Waals surface area contributed by atoms with Crippen molar-refractivity contribution in [3.05, 3.63) is 53.6 Å². The summed E-state index contributed by atoms with van der Waals surface area (Å²) < 4.78 is 42.2. The lowest BCUT2D eigenvalue weighted by Crippen LogP contribution is -2.13. The first-order chi connectivity index (χ1) is 12.5. The molecule has 1 N–H and O–H groups in total. The summed E-state index contributed by atoms with van der Waals surface area (Å²) in [6, 6.07) is 7.35. The molecule has 3 rings (SSSR count). The van der Waals surface area contributed by atoms with Crippen molar-refractivity contribution in [1.29, 1.82) is 0 Å². The Hall–Kier alpha value is -3.49. The Balaban J connectivity index is 1.84. The molecule has 0 aliphatic heterocycles. The molecule has 0 atom stereocenters. The fraction of sp³-hybridized carbons (Fsp3) is 0.118. The maximum Gasteiger partial charge on any atom is 0.322 e. The van der Waals surface area contributed by atoms with Crippen LogP contribution >= 0.6 is 0 Å². The maximum absolute atomic E-state index is 13.8. The molecule has 0 fully saturated rings. The first-order valence-corrected chi connectivity index (χ1v) is 7.34. The number of halogens is 2. The second-order valence-corrected chi connectivity index (χ2v) is 5.06. The molecule has 7 nitrogen and oxygen atoms in total. The zero-order valence-electron chi connectivity index (χ0n) is 13.7. The van der Waals surface area contributed by atoms with Gasteiger partial charge in [-0.1, -0.05) is 5.10 Å². The highest BCUT2D eigenvalue weighted by atomic mass is 19.1. The molecule has 134 valence electrons. The monoisotopic (exact) mass is 361 g/mol. The van der Waals surface area contributed by atoms with Crippen molar-refractivity contribution in [1.82, 2.24) is 10.2 Å². The van der Waals surface area contributed by atoms with E-state index in [1.807, 2.05) is 0 Å². The standard InChI is InChI=1S/C17H13F2N3O4/c1-24-10-4-6-14(25-2)12(8-10)15(23)20-17-22-21-16(26-17)11-5-3-9(18)7-13(11)19/h3-8H,1-2H3,(H,20,22,23). The summed E-state index contributed by atoms with van der Waals surface area (Å²) in [6.07, 6.45) is 0. The number of carbonyl (C=O) groups is 1. The van der Waals surface area contributed by atoms with Crippen LogP contribution in [0.5, 0.6) is 11.5 Å². The van der Waals surface area contributed by atoms with E-state index >= 15 is 0 Å². The van der Waals surface area contributed by atoms with E-state index in [0.29, 0.717) is 17.6 Å². The Bertz CT molecular complexity index is 959. The average Bonchev–Trinajstić information content (AvgIpc) is 3.09. The van der Waals surface area contributed by atoms with Gasteiger partial charge in [0.1, 0.15) is 23.1 Å². The fourth-order valence-corrected chi connectivity index (χ4v) is 2.20. The van der Waals surface area contributed by atoms with E-state index in [9.17, 15) is 13.6 Å². The van der Waals surface area contributed by atoms with Gasteiger partial charge >= 0.3 is 6.01 Å². The van der Waals surface area contributed by atoms with Crippen LogP contribution in [0.3, 0.4) is 0 Å². The number of methoxy groups -OCH3 is 2. The molecule has 0 saturated heterocycles. The van der Waals surface area contributed by atoms with E-state index in [1.165, 1.54) is 20.3 Å². The van der Waals surface area contributed by atoms with Crippen molar-refractivity contribution in [3.63, 3.8) is 0 Å². The molecule has 1 amide bonds. The molecular formula is C17H13F2N3O4. The second-order valence-electron chi connectivity index (χ2n) is 5.06. The van der Waals surface area contributed by atoms with Gasteiger partial charge in [0.25, 0.3) is 11.8 Å². The lowest BCUT2D eigenvalue weighted by Gasteiger charge is -2.09. The lowest BCUT2D eigenvalue weighted by molar-refractivity contribution is 0.102. The van der Waals surface area contributed by atoms with Gasteiger partial charge < -0.3 is 13.9 Å². The summed E-state index contributed by atoms with van der Waals surface area (Å²) >= 11 is 0. The van der Waals surface area contributed by atoms with Crippen LogP contribution < -0.4 is 14.8 Å².